The minimum atomic E-state index is -0.960. The van der Waals surface area contributed by atoms with Gasteiger partial charge in [-0.2, -0.15) is 0 Å². The van der Waals surface area contributed by atoms with Gasteiger partial charge >= 0.3 is 6.03 Å². The molecule has 2 aliphatic heterocycles. The minimum Gasteiger partial charge on any atom is -0.363 e. The molecule has 2 aliphatic rings. The number of amides is 2. The van der Waals surface area contributed by atoms with Crippen molar-refractivity contribution in [1.29, 1.82) is 0 Å². The third-order valence-electron chi connectivity index (χ3n) is 4.98. The number of nitrogens with zero attached hydrogens (tertiary/aromatic N) is 5. The molecule has 4 rings (SSSR count). The molecule has 152 valence electrons. The first-order valence-corrected chi connectivity index (χ1v) is 9.42. The van der Waals surface area contributed by atoms with E-state index in [0.29, 0.717) is 54.7 Å². The highest BCUT2D eigenvalue weighted by Gasteiger charge is 2.27. The van der Waals surface area contributed by atoms with Gasteiger partial charge in [0.1, 0.15) is 12.0 Å². The van der Waals surface area contributed by atoms with Gasteiger partial charge in [-0.3, -0.25) is 14.5 Å². The van der Waals surface area contributed by atoms with Gasteiger partial charge in [0.25, 0.3) is 0 Å². The lowest BCUT2D eigenvalue weighted by Gasteiger charge is -2.18. The Kier molecular flexibility index (Phi) is 5.26. The Morgan fingerprint density at radius 1 is 1.41 bits per heavy atom. The number of aromatic nitrogens is 3. The molecule has 0 saturated carbocycles. The highest BCUT2D eigenvalue weighted by Crippen LogP contribution is 2.18. The maximum absolute atomic E-state index is 13.9. The van der Waals surface area contributed by atoms with Crippen molar-refractivity contribution in [3.8, 4) is 0 Å². The first kappa shape index (κ1) is 19.1. The van der Waals surface area contributed by atoms with Crippen LogP contribution in [0.1, 0.15) is 5.69 Å². The Labute approximate surface area is 167 Å². The van der Waals surface area contributed by atoms with Crippen LogP contribution in [-0.2, 0) is 0 Å². The van der Waals surface area contributed by atoms with Gasteiger partial charge in [0.05, 0.1) is 29.8 Å². The summed E-state index contributed by atoms with van der Waals surface area (Å²) in [5.74, 6) is 1.07. The second-order valence-corrected chi connectivity index (χ2v) is 6.86. The van der Waals surface area contributed by atoms with Crippen molar-refractivity contribution in [1.82, 2.24) is 25.2 Å². The average molecular weight is 398 g/mol. The van der Waals surface area contributed by atoms with Crippen molar-refractivity contribution in [3.63, 3.8) is 0 Å². The SMILES string of the molecule is C=C(c1cccc(NC2CNCC2F)n1)n1cc(N2CCNC2=O)nc/c1=N/C. The standard InChI is InChI=1S/C19H23FN8O/c1-12(14-4-3-5-16(25-14)26-15-9-22-8-13(15)20)28-11-18(24-10-17(28)21-2)27-7-6-23-19(27)29/h3-5,10-11,13,15,22H,1,6-9H2,2H3,(H,23,29)(H,25,26)/b21-17-. The number of hydrogen-bond acceptors (Lipinski definition) is 6. The lowest BCUT2D eigenvalue weighted by Crippen LogP contribution is -2.31. The van der Waals surface area contributed by atoms with E-state index in [1.807, 2.05) is 12.1 Å². The van der Waals surface area contributed by atoms with E-state index < -0.39 is 6.17 Å². The van der Waals surface area contributed by atoms with Crippen molar-refractivity contribution in [2.75, 3.05) is 43.4 Å². The van der Waals surface area contributed by atoms with Gasteiger partial charge < -0.3 is 16.0 Å². The third kappa shape index (κ3) is 3.83. The van der Waals surface area contributed by atoms with Crippen LogP contribution in [0.3, 0.4) is 0 Å². The highest BCUT2D eigenvalue weighted by atomic mass is 19.1. The lowest BCUT2D eigenvalue weighted by molar-refractivity contribution is 0.252. The number of carbonyl (C=O) groups is 1. The fraction of sp³-hybridized carbons (Fsp3) is 0.368. The molecule has 2 fully saturated rings. The molecule has 2 aromatic heterocycles. The normalized spacial score (nSPS) is 22.1. The smallest absolute Gasteiger partial charge is 0.323 e. The lowest BCUT2D eigenvalue weighted by atomic mass is 10.2. The zero-order valence-corrected chi connectivity index (χ0v) is 16.1. The molecule has 0 spiro atoms. The maximum Gasteiger partial charge on any atom is 0.323 e. The van der Waals surface area contributed by atoms with E-state index in [9.17, 15) is 9.18 Å². The molecule has 4 heterocycles. The molecule has 0 bridgehead atoms. The van der Waals surface area contributed by atoms with Crippen LogP contribution >= 0.6 is 0 Å². The summed E-state index contributed by atoms with van der Waals surface area (Å²) in [5.41, 5.74) is 1.75. The van der Waals surface area contributed by atoms with Gasteiger partial charge in [0, 0.05) is 33.2 Å². The van der Waals surface area contributed by atoms with Crippen molar-refractivity contribution in [2.24, 2.45) is 4.99 Å². The van der Waals surface area contributed by atoms with Crippen LogP contribution in [0, 0.1) is 0 Å². The first-order valence-electron chi connectivity index (χ1n) is 9.42. The Morgan fingerprint density at radius 3 is 2.97 bits per heavy atom. The number of halogens is 1. The van der Waals surface area contributed by atoms with Crippen molar-refractivity contribution < 1.29 is 9.18 Å². The van der Waals surface area contributed by atoms with Crippen LogP contribution in [-0.4, -0.2) is 66.0 Å². The molecular formula is C19H23FN8O. The topological polar surface area (TPSA) is 99.5 Å². The molecule has 9 nitrogen and oxygen atoms in total. The molecule has 3 N–H and O–H groups in total. The molecule has 2 atom stereocenters. The van der Waals surface area contributed by atoms with Gasteiger partial charge in [-0.1, -0.05) is 12.6 Å². The fourth-order valence-electron chi connectivity index (χ4n) is 3.39. The van der Waals surface area contributed by atoms with E-state index in [-0.39, 0.29) is 12.1 Å². The average Bonchev–Trinajstić information content (AvgIpc) is 3.35. The quantitative estimate of drug-likeness (QED) is 0.684. The predicted molar refractivity (Wildman–Crippen MR) is 108 cm³/mol. The summed E-state index contributed by atoms with van der Waals surface area (Å²) in [6.07, 6.45) is 2.35. The number of urea groups is 1. The molecule has 0 radical (unpaired) electrons. The zero-order chi connectivity index (χ0) is 20.4. The summed E-state index contributed by atoms with van der Waals surface area (Å²) < 4.78 is 15.6. The summed E-state index contributed by atoms with van der Waals surface area (Å²) >= 11 is 0. The molecule has 0 aliphatic carbocycles. The van der Waals surface area contributed by atoms with Gasteiger partial charge in [0.2, 0.25) is 0 Å². The Bertz CT molecular complexity index is 1000. The number of nitrogens with one attached hydrogen (secondary N) is 3. The van der Waals surface area contributed by atoms with Crippen LogP contribution in [0.4, 0.5) is 20.8 Å². The number of carbonyl (C=O) groups excluding carboxylic acids is 1. The van der Waals surface area contributed by atoms with E-state index in [1.54, 1.807) is 35.0 Å². The van der Waals surface area contributed by atoms with E-state index >= 15 is 0 Å². The number of anilines is 2. The van der Waals surface area contributed by atoms with E-state index in [4.69, 9.17) is 0 Å². The molecule has 2 amide bonds. The maximum atomic E-state index is 13.9. The van der Waals surface area contributed by atoms with E-state index in [1.165, 1.54) is 0 Å². The molecule has 2 unspecified atom stereocenters. The number of alkyl halides is 1. The number of hydrogen-bond donors (Lipinski definition) is 3. The Morgan fingerprint density at radius 2 is 2.28 bits per heavy atom. The van der Waals surface area contributed by atoms with Crippen molar-refractivity contribution in [2.45, 2.75) is 12.2 Å². The van der Waals surface area contributed by atoms with Crippen LogP contribution in [0.5, 0.6) is 0 Å². The Balaban J connectivity index is 1.63. The Hall–Kier alpha value is -3.27. The van der Waals surface area contributed by atoms with Gasteiger partial charge in [-0.15, -0.1) is 0 Å². The van der Waals surface area contributed by atoms with Crippen molar-refractivity contribution in [3.05, 3.63) is 48.4 Å². The highest BCUT2D eigenvalue weighted by molar-refractivity contribution is 5.92. The van der Waals surface area contributed by atoms with Crippen LogP contribution in [0.2, 0.25) is 0 Å². The zero-order valence-electron chi connectivity index (χ0n) is 16.1. The summed E-state index contributed by atoms with van der Waals surface area (Å²) in [7, 11) is 1.66. The largest absolute Gasteiger partial charge is 0.363 e. The fourth-order valence-corrected chi connectivity index (χ4v) is 3.39. The third-order valence-corrected chi connectivity index (χ3v) is 4.98. The van der Waals surface area contributed by atoms with E-state index in [0.717, 1.165) is 0 Å². The molecular weight excluding hydrogens is 375 g/mol. The summed E-state index contributed by atoms with van der Waals surface area (Å²) in [5, 5.41) is 8.90. The molecule has 29 heavy (non-hydrogen) atoms. The van der Waals surface area contributed by atoms with E-state index in [2.05, 4.69) is 37.5 Å². The van der Waals surface area contributed by atoms with Gasteiger partial charge in [0.15, 0.2) is 11.3 Å². The van der Waals surface area contributed by atoms with Gasteiger partial charge in [-0.25, -0.2) is 19.2 Å². The molecule has 2 aromatic rings. The second kappa shape index (κ2) is 8.00. The predicted octanol–water partition coefficient (Wildman–Crippen LogP) is 0.579. The first-order chi connectivity index (χ1) is 14.1. The number of rotatable bonds is 5. The summed E-state index contributed by atoms with van der Waals surface area (Å²) in [6, 6.07) is 4.95. The number of pyridine rings is 1. The second-order valence-electron chi connectivity index (χ2n) is 6.86. The van der Waals surface area contributed by atoms with Gasteiger partial charge in [-0.05, 0) is 12.1 Å². The summed E-state index contributed by atoms with van der Waals surface area (Å²) in [4.78, 5) is 26.7. The van der Waals surface area contributed by atoms with Crippen LogP contribution in [0.25, 0.3) is 5.70 Å². The van der Waals surface area contributed by atoms with Crippen molar-refractivity contribution >= 4 is 23.4 Å². The minimum absolute atomic E-state index is 0.189. The monoisotopic (exact) mass is 398 g/mol. The summed E-state index contributed by atoms with van der Waals surface area (Å²) in [6.45, 7) is 6.16. The molecule has 2 saturated heterocycles. The van der Waals surface area contributed by atoms with Crippen LogP contribution < -0.4 is 26.3 Å². The molecule has 0 aromatic carbocycles. The molecule has 10 heteroatoms. The van der Waals surface area contributed by atoms with Crippen LogP contribution in [0.15, 0.2) is 42.2 Å².